The van der Waals surface area contributed by atoms with Crippen molar-refractivity contribution in [2.45, 2.75) is 17.9 Å². The third-order valence-corrected chi connectivity index (χ3v) is 4.48. The Balaban J connectivity index is 1.87. The smallest absolute Gasteiger partial charge is 0.143 e. The van der Waals surface area contributed by atoms with Gasteiger partial charge in [0.1, 0.15) is 17.2 Å². The summed E-state index contributed by atoms with van der Waals surface area (Å²) < 4.78 is 20.0. The second-order valence-electron chi connectivity index (χ2n) is 5.55. The molecule has 0 unspecified atom stereocenters. The number of hydrogen-bond acceptors (Lipinski definition) is 2. The quantitative estimate of drug-likeness (QED) is 0.858. The van der Waals surface area contributed by atoms with E-state index in [4.69, 9.17) is 4.74 Å². The van der Waals surface area contributed by atoms with Gasteiger partial charge < -0.3 is 10.1 Å². The van der Waals surface area contributed by atoms with Gasteiger partial charge in [-0.15, -0.1) is 0 Å². The van der Waals surface area contributed by atoms with E-state index >= 15 is 0 Å². The van der Waals surface area contributed by atoms with Crippen molar-refractivity contribution in [3.8, 4) is 5.75 Å². The van der Waals surface area contributed by atoms with Crippen molar-refractivity contribution in [3.05, 3.63) is 65.5 Å². The van der Waals surface area contributed by atoms with Crippen molar-refractivity contribution in [3.63, 3.8) is 0 Å². The van der Waals surface area contributed by atoms with E-state index in [0.717, 1.165) is 30.8 Å². The minimum Gasteiger partial charge on any atom is -0.482 e. The molecule has 2 nitrogen and oxygen atoms in total. The lowest BCUT2D eigenvalue weighted by atomic mass is 9.75. The molecule has 1 N–H and O–H groups in total. The molecule has 0 aromatic heterocycles. The van der Waals surface area contributed by atoms with Crippen molar-refractivity contribution >= 4 is 0 Å². The fourth-order valence-corrected chi connectivity index (χ4v) is 3.56. The Morgan fingerprint density at radius 3 is 2.95 bits per heavy atom. The van der Waals surface area contributed by atoms with E-state index in [9.17, 15) is 4.39 Å². The van der Waals surface area contributed by atoms with Gasteiger partial charge in [-0.3, -0.25) is 0 Å². The summed E-state index contributed by atoms with van der Waals surface area (Å²) in [4.78, 5) is 0. The molecule has 2 aromatic rings. The van der Waals surface area contributed by atoms with E-state index in [2.05, 4.69) is 11.4 Å². The lowest BCUT2D eigenvalue weighted by molar-refractivity contribution is 0.0392. The molecule has 0 saturated carbocycles. The van der Waals surface area contributed by atoms with Gasteiger partial charge in [0, 0.05) is 24.4 Å². The average Bonchev–Trinajstić information content (AvgIpc) is 2.83. The first kappa shape index (κ1) is 11.9. The van der Waals surface area contributed by atoms with Crippen LogP contribution in [0.3, 0.4) is 0 Å². The molecular formula is C17H16FNO. The predicted octanol–water partition coefficient (Wildman–Crippen LogP) is 3.19. The zero-order valence-corrected chi connectivity index (χ0v) is 11.1. The highest BCUT2D eigenvalue weighted by Gasteiger charge is 2.50. The molecule has 0 bridgehead atoms. The molecular weight excluding hydrogens is 253 g/mol. The highest BCUT2D eigenvalue weighted by atomic mass is 19.1. The van der Waals surface area contributed by atoms with Gasteiger partial charge in [0.2, 0.25) is 0 Å². The van der Waals surface area contributed by atoms with Crippen LogP contribution in [0.5, 0.6) is 5.75 Å². The van der Waals surface area contributed by atoms with Gasteiger partial charge in [0.05, 0.1) is 0 Å². The molecule has 0 spiro atoms. The first-order valence-electron chi connectivity index (χ1n) is 7.04. The molecule has 1 saturated heterocycles. The Morgan fingerprint density at radius 1 is 1.15 bits per heavy atom. The van der Waals surface area contributed by atoms with Crippen LogP contribution in [0.1, 0.15) is 23.5 Å². The Morgan fingerprint density at radius 2 is 2.05 bits per heavy atom. The zero-order chi connectivity index (χ0) is 13.6. The molecule has 102 valence electrons. The van der Waals surface area contributed by atoms with E-state index in [1.807, 2.05) is 24.3 Å². The van der Waals surface area contributed by atoms with Gasteiger partial charge in [-0.25, -0.2) is 4.39 Å². The van der Waals surface area contributed by atoms with Crippen LogP contribution in [0.15, 0.2) is 48.5 Å². The SMILES string of the molecule is Fc1cccc([C@]23CCNC[C@H]2c2ccccc2O3)c1. The summed E-state index contributed by atoms with van der Waals surface area (Å²) >= 11 is 0. The molecule has 2 heterocycles. The van der Waals surface area contributed by atoms with Crippen molar-refractivity contribution < 1.29 is 9.13 Å². The number of hydrogen-bond donors (Lipinski definition) is 1. The number of halogens is 1. The third kappa shape index (κ3) is 1.59. The maximum Gasteiger partial charge on any atom is 0.143 e. The summed E-state index contributed by atoms with van der Waals surface area (Å²) in [7, 11) is 0. The number of ether oxygens (including phenoxy) is 1. The maximum atomic E-state index is 13.6. The average molecular weight is 269 g/mol. The molecule has 3 heteroatoms. The first-order valence-corrected chi connectivity index (χ1v) is 7.04. The van der Waals surface area contributed by atoms with Gasteiger partial charge in [-0.1, -0.05) is 30.3 Å². The van der Waals surface area contributed by atoms with E-state index < -0.39 is 5.60 Å². The minimum absolute atomic E-state index is 0.200. The summed E-state index contributed by atoms with van der Waals surface area (Å²) in [5.74, 6) is 0.980. The van der Waals surface area contributed by atoms with Crippen molar-refractivity contribution in [2.24, 2.45) is 0 Å². The number of benzene rings is 2. The molecule has 0 amide bonds. The van der Waals surface area contributed by atoms with E-state index in [0.29, 0.717) is 0 Å². The van der Waals surface area contributed by atoms with Gasteiger partial charge >= 0.3 is 0 Å². The van der Waals surface area contributed by atoms with Crippen LogP contribution in [0.2, 0.25) is 0 Å². The first-order chi connectivity index (χ1) is 9.79. The summed E-state index contributed by atoms with van der Waals surface area (Å²) in [6.45, 7) is 1.76. The fraction of sp³-hybridized carbons (Fsp3) is 0.294. The lowest BCUT2D eigenvalue weighted by Gasteiger charge is -2.39. The van der Waals surface area contributed by atoms with Gasteiger partial charge in [-0.05, 0) is 30.3 Å². The summed E-state index contributed by atoms with van der Waals surface area (Å²) in [6.07, 6.45) is 0.857. The topological polar surface area (TPSA) is 21.3 Å². The number of para-hydroxylation sites is 1. The van der Waals surface area contributed by atoms with Crippen molar-refractivity contribution in [1.82, 2.24) is 5.32 Å². The monoisotopic (exact) mass is 269 g/mol. The van der Waals surface area contributed by atoms with Crippen LogP contribution in [-0.4, -0.2) is 13.1 Å². The van der Waals surface area contributed by atoms with Gasteiger partial charge in [-0.2, -0.15) is 0 Å². The number of fused-ring (bicyclic) bond motifs is 3. The molecule has 2 atom stereocenters. The lowest BCUT2D eigenvalue weighted by Crippen LogP contribution is -2.47. The van der Waals surface area contributed by atoms with Crippen LogP contribution in [-0.2, 0) is 5.60 Å². The minimum atomic E-state index is -0.420. The van der Waals surface area contributed by atoms with E-state index in [1.54, 1.807) is 12.1 Å². The standard InChI is InChI=1S/C17H16FNO/c18-13-5-3-4-12(10-13)17-8-9-19-11-15(17)14-6-1-2-7-16(14)20-17/h1-7,10,15,19H,8-9,11H2/t15-,17+/m0/s1. The largest absolute Gasteiger partial charge is 0.482 e. The predicted molar refractivity (Wildman–Crippen MR) is 75.4 cm³/mol. The van der Waals surface area contributed by atoms with Crippen LogP contribution in [0.4, 0.5) is 4.39 Å². The fourth-order valence-electron chi connectivity index (χ4n) is 3.56. The highest BCUT2D eigenvalue weighted by Crippen LogP contribution is 2.52. The van der Waals surface area contributed by atoms with Crippen LogP contribution >= 0.6 is 0 Å². The Kier molecular flexibility index (Phi) is 2.57. The number of rotatable bonds is 1. The van der Waals surface area contributed by atoms with Crippen LogP contribution in [0, 0.1) is 5.82 Å². The molecule has 4 rings (SSSR count). The normalized spacial score (nSPS) is 27.6. The third-order valence-electron chi connectivity index (χ3n) is 4.48. The molecule has 0 radical (unpaired) electrons. The Hall–Kier alpha value is -1.87. The Bertz CT molecular complexity index is 657. The van der Waals surface area contributed by atoms with E-state index in [-0.39, 0.29) is 11.7 Å². The van der Waals surface area contributed by atoms with Crippen LogP contribution < -0.4 is 10.1 Å². The second-order valence-corrected chi connectivity index (χ2v) is 5.55. The van der Waals surface area contributed by atoms with Gasteiger partial charge in [0.25, 0.3) is 0 Å². The molecule has 0 aliphatic carbocycles. The number of nitrogens with one attached hydrogen (secondary N) is 1. The number of piperidine rings is 1. The Labute approximate surface area is 117 Å². The maximum absolute atomic E-state index is 13.6. The summed E-state index contributed by atoms with van der Waals surface area (Å²) in [5.41, 5.74) is 1.75. The van der Waals surface area contributed by atoms with Crippen molar-refractivity contribution in [1.29, 1.82) is 0 Å². The zero-order valence-electron chi connectivity index (χ0n) is 11.1. The second kappa shape index (κ2) is 4.32. The molecule has 2 aliphatic heterocycles. The highest BCUT2D eigenvalue weighted by molar-refractivity contribution is 5.47. The summed E-state index contributed by atoms with van der Waals surface area (Å²) in [6, 6.07) is 15.0. The molecule has 20 heavy (non-hydrogen) atoms. The van der Waals surface area contributed by atoms with Crippen molar-refractivity contribution in [2.75, 3.05) is 13.1 Å². The van der Waals surface area contributed by atoms with E-state index in [1.165, 1.54) is 11.6 Å². The summed E-state index contributed by atoms with van der Waals surface area (Å²) in [5, 5.41) is 3.43. The molecule has 2 aliphatic rings. The molecule has 2 aromatic carbocycles. The van der Waals surface area contributed by atoms with Gasteiger partial charge in [0.15, 0.2) is 0 Å². The molecule has 1 fully saturated rings. The van der Waals surface area contributed by atoms with Crippen LogP contribution in [0.25, 0.3) is 0 Å².